The van der Waals surface area contributed by atoms with Crippen LogP contribution in [-0.4, -0.2) is 38.5 Å². The highest BCUT2D eigenvalue weighted by Gasteiger charge is 2.26. The first-order chi connectivity index (χ1) is 12.3. The molecule has 0 spiro atoms. The molecule has 0 amide bonds. The summed E-state index contributed by atoms with van der Waals surface area (Å²) in [7, 11) is 1.98. The van der Waals surface area contributed by atoms with E-state index >= 15 is 0 Å². The normalized spacial score (nSPS) is 13.0. The highest BCUT2D eigenvalue weighted by atomic mass is 127. The maximum Gasteiger partial charge on any atom is 0.180 e. The number of anilines is 1. The second kappa shape index (κ2) is 7.40. The third-order valence-electron chi connectivity index (χ3n) is 4.32. The maximum atomic E-state index is 10.2. The Morgan fingerprint density at radius 3 is 2.65 bits per heavy atom. The summed E-state index contributed by atoms with van der Waals surface area (Å²) in [6.45, 7) is 6.00. The van der Waals surface area contributed by atoms with Gasteiger partial charge in [0.1, 0.15) is 6.10 Å². The molecular weight excluding hydrogens is 443 g/mol. The number of aliphatic hydroxyl groups is 1. The molecular formula is C19H23IN4O2. The lowest BCUT2D eigenvalue weighted by molar-refractivity contribution is -0.0242. The second-order valence-electron chi connectivity index (χ2n) is 6.94. The van der Waals surface area contributed by atoms with Gasteiger partial charge in [-0.15, -0.1) is 0 Å². The lowest BCUT2D eigenvalue weighted by Crippen LogP contribution is -2.38. The van der Waals surface area contributed by atoms with E-state index in [1.165, 1.54) is 5.56 Å². The van der Waals surface area contributed by atoms with Crippen LogP contribution in [0.5, 0.6) is 5.75 Å². The molecule has 0 fully saturated rings. The van der Waals surface area contributed by atoms with Crippen LogP contribution < -0.4 is 9.64 Å². The van der Waals surface area contributed by atoms with Gasteiger partial charge in [0.25, 0.3) is 0 Å². The molecule has 2 aromatic heterocycles. The number of rotatable bonds is 6. The molecule has 7 heteroatoms. The van der Waals surface area contributed by atoms with E-state index in [1.807, 2.05) is 43.3 Å². The number of hydrogen-bond donors (Lipinski definition) is 1. The molecule has 0 saturated carbocycles. The van der Waals surface area contributed by atoms with E-state index in [0.29, 0.717) is 12.3 Å². The summed E-state index contributed by atoms with van der Waals surface area (Å²) < 4.78 is 8.74. The Labute approximate surface area is 166 Å². The van der Waals surface area contributed by atoms with Gasteiger partial charge >= 0.3 is 0 Å². The number of ether oxygens (including phenoxy) is 1. The largest absolute Gasteiger partial charge is 0.482 e. The standard InChI is InChI=1S/C19H23IN4O2/c1-13(19(2,3)25)26-16-12-24-17(15(20)10-21-24)22-18(16)23(4)11-14-8-6-5-7-9-14/h5-10,12-13,25H,11H2,1-4H3. The maximum absolute atomic E-state index is 10.2. The highest BCUT2D eigenvalue weighted by Crippen LogP contribution is 2.30. The van der Waals surface area contributed by atoms with E-state index in [9.17, 15) is 5.11 Å². The smallest absolute Gasteiger partial charge is 0.180 e. The minimum absolute atomic E-state index is 0.403. The predicted octanol–water partition coefficient (Wildman–Crippen LogP) is 3.51. The summed E-state index contributed by atoms with van der Waals surface area (Å²) in [5, 5.41) is 14.6. The summed E-state index contributed by atoms with van der Waals surface area (Å²) in [6, 6.07) is 10.2. The Kier molecular flexibility index (Phi) is 5.38. The first kappa shape index (κ1) is 18.9. The lowest BCUT2D eigenvalue weighted by atomic mass is 10.0. The van der Waals surface area contributed by atoms with Gasteiger partial charge in [-0.2, -0.15) is 5.10 Å². The van der Waals surface area contributed by atoms with Crippen LogP contribution in [0.3, 0.4) is 0 Å². The van der Waals surface area contributed by atoms with Crippen molar-refractivity contribution in [2.45, 2.75) is 39.0 Å². The number of fused-ring (bicyclic) bond motifs is 1. The van der Waals surface area contributed by atoms with Crippen LogP contribution in [0.25, 0.3) is 5.65 Å². The zero-order valence-corrected chi connectivity index (χ0v) is 17.5. The van der Waals surface area contributed by atoms with E-state index in [0.717, 1.165) is 15.0 Å². The molecule has 6 nitrogen and oxygen atoms in total. The molecule has 26 heavy (non-hydrogen) atoms. The Balaban J connectivity index is 2.00. The molecule has 1 N–H and O–H groups in total. The SMILES string of the molecule is CC(Oc1cn2ncc(I)c2nc1N(C)Cc1ccccc1)C(C)(C)O. The number of aromatic nitrogens is 3. The van der Waals surface area contributed by atoms with E-state index < -0.39 is 11.7 Å². The quantitative estimate of drug-likeness (QED) is 0.564. The van der Waals surface area contributed by atoms with Gasteiger partial charge in [0.15, 0.2) is 17.2 Å². The van der Waals surface area contributed by atoms with Gasteiger partial charge in [-0.05, 0) is 48.9 Å². The molecule has 1 aromatic carbocycles. The summed E-state index contributed by atoms with van der Waals surface area (Å²) in [6.07, 6.45) is 3.19. The number of halogens is 1. The van der Waals surface area contributed by atoms with Gasteiger partial charge in [-0.1, -0.05) is 30.3 Å². The summed E-state index contributed by atoms with van der Waals surface area (Å²) in [5.74, 6) is 1.31. The van der Waals surface area contributed by atoms with Gasteiger partial charge in [0, 0.05) is 13.6 Å². The fraction of sp³-hybridized carbons (Fsp3) is 0.368. The van der Waals surface area contributed by atoms with Crippen LogP contribution in [0.1, 0.15) is 26.3 Å². The Morgan fingerprint density at radius 1 is 1.31 bits per heavy atom. The zero-order valence-electron chi connectivity index (χ0n) is 15.3. The van der Waals surface area contributed by atoms with Gasteiger partial charge in [-0.3, -0.25) is 0 Å². The molecule has 0 aliphatic carbocycles. The van der Waals surface area contributed by atoms with Crippen molar-refractivity contribution in [3.63, 3.8) is 0 Å². The molecule has 1 atom stereocenters. The molecule has 0 bridgehead atoms. The zero-order chi connectivity index (χ0) is 18.9. The second-order valence-corrected chi connectivity index (χ2v) is 8.11. The van der Waals surface area contributed by atoms with E-state index in [-0.39, 0.29) is 0 Å². The molecule has 0 saturated heterocycles. The first-order valence-corrected chi connectivity index (χ1v) is 9.51. The highest BCUT2D eigenvalue weighted by molar-refractivity contribution is 14.1. The summed E-state index contributed by atoms with van der Waals surface area (Å²) in [5.41, 5.74) is 0.994. The lowest BCUT2D eigenvalue weighted by Gasteiger charge is -2.29. The number of nitrogens with zero attached hydrogens (tertiary/aromatic N) is 4. The molecule has 0 aliphatic rings. The summed E-state index contributed by atoms with van der Waals surface area (Å²) in [4.78, 5) is 6.82. The average Bonchev–Trinajstić information content (AvgIpc) is 2.94. The fourth-order valence-electron chi connectivity index (χ4n) is 2.48. The van der Waals surface area contributed by atoms with Crippen molar-refractivity contribution >= 4 is 34.1 Å². The van der Waals surface area contributed by atoms with Crippen molar-refractivity contribution in [1.82, 2.24) is 14.6 Å². The van der Waals surface area contributed by atoms with Gasteiger partial charge < -0.3 is 14.7 Å². The van der Waals surface area contributed by atoms with Crippen LogP contribution in [-0.2, 0) is 6.54 Å². The Hall–Kier alpha value is -1.87. The van der Waals surface area contributed by atoms with Crippen LogP contribution in [0.15, 0.2) is 42.7 Å². The minimum Gasteiger partial charge on any atom is -0.482 e. The van der Waals surface area contributed by atoms with Crippen molar-refractivity contribution in [1.29, 1.82) is 0 Å². The molecule has 3 rings (SSSR count). The average molecular weight is 466 g/mol. The molecule has 138 valence electrons. The topological polar surface area (TPSA) is 62.9 Å². The minimum atomic E-state index is -0.969. The molecule has 0 radical (unpaired) electrons. The summed E-state index contributed by atoms with van der Waals surface area (Å²) >= 11 is 2.22. The van der Waals surface area contributed by atoms with E-state index in [2.05, 4.69) is 39.8 Å². The van der Waals surface area contributed by atoms with Crippen molar-refractivity contribution in [2.75, 3.05) is 11.9 Å². The van der Waals surface area contributed by atoms with Crippen LogP contribution in [0.2, 0.25) is 0 Å². The predicted molar refractivity (Wildman–Crippen MR) is 111 cm³/mol. The molecule has 3 aromatic rings. The van der Waals surface area contributed by atoms with Gasteiger partial charge in [0.05, 0.1) is 21.6 Å². The van der Waals surface area contributed by atoms with Crippen LogP contribution >= 0.6 is 22.6 Å². The molecule has 0 aliphatic heterocycles. The first-order valence-electron chi connectivity index (χ1n) is 8.43. The monoisotopic (exact) mass is 466 g/mol. The van der Waals surface area contributed by atoms with Gasteiger partial charge in [-0.25, -0.2) is 9.50 Å². The van der Waals surface area contributed by atoms with Crippen molar-refractivity contribution in [2.24, 2.45) is 0 Å². The van der Waals surface area contributed by atoms with Gasteiger partial charge in [0.2, 0.25) is 0 Å². The van der Waals surface area contributed by atoms with Crippen molar-refractivity contribution in [3.8, 4) is 5.75 Å². The van der Waals surface area contributed by atoms with E-state index in [4.69, 9.17) is 9.72 Å². The van der Waals surface area contributed by atoms with E-state index in [1.54, 1.807) is 24.6 Å². The van der Waals surface area contributed by atoms with Crippen molar-refractivity contribution in [3.05, 3.63) is 51.9 Å². The Bertz CT molecular complexity index is 890. The Morgan fingerprint density at radius 2 is 2.00 bits per heavy atom. The fourth-order valence-corrected chi connectivity index (χ4v) is 2.97. The number of hydrogen-bond acceptors (Lipinski definition) is 5. The third-order valence-corrected chi connectivity index (χ3v) is 5.08. The van der Waals surface area contributed by atoms with Crippen LogP contribution in [0, 0.1) is 3.57 Å². The number of benzene rings is 1. The van der Waals surface area contributed by atoms with Crippen LogP contribution in [0.4, 0.5) is 5.82 Å². The van der Waals surface area contributed by atoms with Crippen molar-refractivity contribution < 1.29 is 9.84 Å². The molecule has 2 heterocycles. The molecule has 1 unspecified atom stereocenters. The third kappa shape index (κ3) is 4.09.